The van der Waals surface area contributed by atoms with Crippen molar-refractivity contribution in [3.8, 4) is 5.75 Å². The van der Waals surface area contributed by atoms with E-state index in [-0.39, 0.29) is 12.4 Å². The minimum atomic E-state index is -0.512. The van der Waals surface area contributed by atoms with Crippen LogP contribution in [0.15, 0.2) is 73.1 Å². The molecule has 0 radical (unpaired) electrons. The summed E-state index contributed by atoms with van der Waals surface area (Å²) in [5.41, 5.74) is 2.76. The zero-order valence-electron chi connectivity index (χ0n) is 13.8. The van der Waals surface area contributed by atoms with E-state index in [0.29, 0.717) is 16.9 Å². The molecule has 0 aliphatic rings. The summed E-state index contributed by atoms with van der Waals surface area (Å²) >= 11 is 0. The Bertz CT molecular complexity index is 812. The van der Waals surface area contributed by atoms with Gasteiger partial charge in [0.15, 0.2) is 0 Å². The molecule has 0 fully saturated rings. The van der Waals surface area contributed by atoms with Gasteiger partial charge in [0.25, 0.3) is 0 Å². The van der Waals surface area contributed by atoms with E-state index in [0.717, 1.165) is 5.56 Å². The Balaban J connectivity index is 1.84. The Kier molecular flexibility index (Phi) is 4.95. The number of para-hydroxylation sites is 1. The van der Waals surface area contributed by atoms with E-state index in [2.05, 4.69) is 4.98 Å². The van der Waals surface area contributed by atoms with E-state index in [1.54, 1.807) is 43.6 Å². The van der Waals surface area contributed by atoms with Gasteiger partial charge in [0.05, 0.1) is 17.6 Å². The number of carbonyl (C=O) groups is 1. The van der Waals surface area contributed by atoms with Crippen molar-refractivity contribution in [3.63, 3.8) is 0 Å². The number of hydrogen-bond acceptors (Lipinski definition) is 4. The molecule has 0 saturated heterocycles. The van der Waals surface area contributed by atoms with Gasteiger partial charge in [-0.15, -0.1) is 0 Å². The van der Waals surface area contributed by atoms with Crippen molar-refractivity contribution >= 4 is 17.5 Å². The third kappa shape index (κ3) is 3.77. The third-order valence-corrected chi connectivity index (χ3v) is 3.87. The van der Waals surface area contributed by atoms with Crippen LogP contribution >= 0.6 is 0 Å². The van der Waals surface area contributed by atoms with Crippen molar-refractivity contribution in [2.45, 2.75) is 13.5 Å². The van der Waals surface area contributed by atoms with Crippen LogP contribution in [0.25, 0.3) is 0 Å². The highest BCUT2D eigenvalue weighted by atomic mass is 16.6. The van der Waals surface area contributed by atoms with Gasteiger partial charge in [0, 0.05) is 6.20 Å². The maximum Gasteiger partial charge on any atom is 0.419 e. The number of nitrogens with zero attached hydrogens (tertiary/aromatic N) is 2. The smallest absolute Gasteiger partial charge is 0.419 e. The van der Waals surface area contributed by atoms with Gasteiger partial charge < -0.3 is 9.84 Å². The van der Waals surface area contributed by atoms with Gasteiger partial charge in [0.1, 0.15) is 12.4 Å². The number of ether oxygens (including phenoxy) is 1. The summed E-state index contributed by atoms with van der Waals surface area (Å²) in [5.74, 6) is 0.181. The molecule has 1 N–H and O–H groups in total. The van der Waals surface area contributed by atoms with Crippen LogP contribution in [0.2, 0.25) is 0 Å². The van der Waals surface area contributed by atoms with E-state index in [4.69, 9.17) is 4.74 Å². The Morgan fingerprint density at radius 3 is 2.52 bits per heavy atom. The summed E-state index contributed by atoms with van der Waals surface area (Å²) < 4.78 is 5.48. The Morgan fingerprint density at radius 1 is 1.04 bits per heavy atom. The lowest BCUT2D eigenvalue weighted by atomic mass is 10.1. The van der Waals surface area contributed by atoms with Crippen LogP contribution in [0.4, 0.5) is 16.2 Å². The fourth-order valence-corrected chi connectivity index (χ4v) is 2.45. The highest BCUT2D eigenvalue weighted by Gasteiger charge is 2.20. The fourth-order valence-electron chi connectivity index (χ4n) is 2.45. The largest absolute Gasteiger partial charge is 0.508 e. The molecule has 0 aliphatic carbocycles. The third-order valence-electron chi connectivity index (χ3n) is 3.87. The molecule has 3 rings (SSSR count). The first kappa shape index (κ1) is 16.5. The van der Waals surface area contributed by atoms with Gasteiger partial charge in [-0.05, 0) is 48.4 Å². The molecule has 5 heteroatoms. The van der Waals surface area contributed by atoms with Crippen LogP contribution in [0, 0.1) is 6.92 Å². The van der Waals surface area contributed by atoms with Crippen LogP contribution in [-0.4, -0.2) is 16.2 Å². The van der Waals surface area contributed by atoms with Crippen molar-refractivity contribution in [2.75, 3.05) is 4.90 Å². The van der Waals surface area contributed by atoms with Gasteiger partial charge in [-0.1, -0.05) is 30.3 Å². The molecule has 0 spiro atoms. The summed E-state index contributed by atoms with van der Waals surface area (Å²) in [5, 5.41) is 9.77. The maximum absolute atomic E-state index is 12.7. The maximum atomic E-state index is 12.7. The number of benzene rings is 2. The second-order valence-electron chi connectivity index (χ2n) is 5.50. The molecule has 3 aromatic rings. The van der Waals surface area contributed by atoms with Crippen molar-refractivity contribution < 1.29 is 14.6 Å². The predicted octanol–water partition coefficient (Wildman–Crippen LogP) is 4.57. The van der Waals surface area contributed by atoms with E-state index in [1.165, 1.54) is 4.90 Å². The number of aromatic nitrogens is 1. The first-order valence-corrected chi connectivity index (χ1v) is 7.86. The molecular formula is C20H18N2O3. The number of carbonyl (C=O) groups excluding carboxylic acids is 1. The predicted molar refractivity (Wildman–Crippen MR) is 95.8 cm³/mol. The highest BCUT2D eigenvalue weighted by Crippen LogP contribution is 2.26. The lowest BCUT2D eigenvalue weighted by Crippen LogP contribution is -2.26. The number of pyridine rings is 1. The Labute approximate surface area is 146 Å². The van der Waals surface area contributed by atoms with Crippen LogP contribution in [0.3, 0.4) is 0 Å². The molecule has 5 nitrogen and oxygen atoms in total. The SMILES string of the molecule is Cc1c(O)cccc1COC(=O)N(c1ccccc1)c1cccnc1. The van der Waals surface area contributed by atoms with Gasteiger partial charge in [-0.2, -0.15) is 0 Å². The van der Waals surface area contributed by atoms with Crippen molar-refractivity contribution in [1.82, 2.24) is 4.98 Å². The second kappa shape index (κ2) is 7.49. The summed E-state index contributed by atoms with van der Waals surface area (Å²) in [6.07, 6.45) is 2.74. The molecule has 126 valence electrons. The van der Waals surface area contributed by atoms with E-state index in [9.17, 15) is 9.90 Å². The second-order valence-corrected chi connectivity index (χ2v) is 5.50. The number of hydrogen-bond donors (Lipinski definition) is 1. The highest BCUT2D eigenvalue weighted by molar-refractivity contribution is 5.95. The Morgan fingerprint density at radius 2 is 1.80 bits per heavy atom. The fraction of sp³-hybridized carbons (Fsp3) is 0.100. The van der Waals surface area contributed by atoms with Gasteiger partial charge in [-0.25, -0.2) is 9.69 Å². The summed E-state index contributed by atoms with van der Waals surface area (Å²) in [6.45, 7) is 1.86. The molecule has 2 aromatic carbocycles. The Hall–Kier alpha value is -3.34. The molecule has 0 bridgehead atoms. The molecule has 0 unspecified atom stereocenters. The van der Waals surface area contributed by atoms with Gasteiger partial charge >= 0.3 is 6.09 Å². The molecule has 25 heavy (non-hydrogen) atoms. The number of phenolic OH excluding ortho intramolecular Hbond substituents is 1. The molecule has 1 amide bonds. The van der Waals surface area contributed by atoms with Crippen molar-refractivity contribution in [1.29, 1.82) is 0 Å². The average Bonchev–Trinajstić information content (AvgIpc) is 2.65. The molecule has 1 heterocycles. The molecule has 0 saturated carbocycles. The van der Waals surface area contributed by atoms with Crippen LogP contribution < -0.4 is 4.90 Å². The zero-order valence-corrected chi connectivity index (χ0v) is 13.8. The van der Waals surface area contributed by atoms with E-state index < -0.39 is 6.09 Å². The monoisotopic (exact) mass is 334 g/mol. The first-order valence-electron chi connectivity index (χ1n) is 7.86. The number of aromatic hydroxyl groups is 1. The average molecular weight is 334 g/mol. The van der Waals surface area contributed by atoms with Crippen LogP contribution in [-0.2, 0) is 11.3 Å². The number of amides is 1. The van der Waals surface area contributed by atoms with Crippen LogP contribution in [0.5, 0.6) is 5.75 Å². The van der Waals surface area contributed by atoms with Crippen LogP contribution in [0.1, 0.15) is 11.1 Å². The lowest BCUT2D eigenvalue weighted by molar-refractivity contribution is 0.149. The molecular weight excluding hydrogens is 316 g/mol. The number of rotatable bonds is 4. The quantitative estimate of drug-likeness (QED) is 0.759. The minimum Gasteiger partial charge on any atom is -0.508 e. The standard InChI is InChI=1S/C20H18N2O3/c1-15-16(7-5-11-19(15)23)14-25-20(24)22(17-8-3-2-4-9-17)18-10-6-12-21-13-18/h2-13,23H,14H2,1H3. The van der Waals surface area contributed by atoms with Gasteiger partial charge in [-0.3, -0.25) is 4.98 Å². The number of anilines is 2. The van der Waals surface area contributed by atoms with Crippen molar-refractivity contribution in [3.05, 3.63) is 84.2 Å². The molecule has 0 aliphatic heterocycles. The van der Waals surface area contributed by atoms with E-state index in [1.807, 2.05) is 36.4 Å². The lowest BCUT2D eigenvalue weighted by Gasteiger charge is -2.22. The summed E-state index contributed by atoms with van der Waals surface area (Å²) in [4.78, 5) is 18.3. The van der Waals surface area contributed by atoms with E-state index >= 15 is 0 Å². The first-order chi connectivity index (χ1) is 12.2. The van der Waals surface area contributed by atoms with Crippen molar-refractivity contribution in [2.24, 2.45) is 0 Å². The molecule has 1 aromatic heterocycles. The minimum absolute atomic E-state index is 0.0721. The number of phenols is 1. The molecule has 0 atom stereocenters. The normalized spacial score (nSPS) is 10.3. The zero-order chi connectivity index (χ0) is 17.6. The summed E-state index contributed by atoms with van der Waals surface area (Å²) in [6, 6.07) is 17.9. The topological polar surface area (TPSA) is 62.7 Å². The summed E-state index contributed by atoms with van der Waals surface area (Å²) in [7, 11) is 0. The van der Waals surface area contributed by atoms with Gasteiger partial charge in [0.2, 0.25) is 0 Å².